The van der Waals surface area contributed by atoms with Crippen molar-refractivity contribution in [3.05, 3.63) is 34.9 Å². The zero-order chi connectivity index (χ0) is 13.0. The fraction of sp³-hybridized carbons (Fsp3) is 0.333. The normalized spacial score (nSPS) is 14.1. The Morgan fingerprint density at radius 3 is 2.59 bits per heavy atom. The maximum Gasteiger partial charge on any atom is 0.220 e. The second-order valence-electron chi connectivity index (χ2n) is 3.92. The van der Waals surface area contributed by atoms with Gasteiger partial charge in [0.05, 0.1) is 12.5 Å². The molecule has 1 aromatic rings. The summed E-state index contributed by atoms with van der Waals surface area (Å²) in [5.41, 5.74) is 6.59. The lowest BCUT2D eigenvalue weighted by Gasteiger charge is -2.17. The third kappa shape index (κ3) is 3.37. The lowest BCUT2D eigenvalue weighted by atomic mass is 9.98. The predicted octanol–water partition coefficient (Wildman–Crippen LogP) is 0.0772. The average molecular weight is 237 g/mol. The number of benzene rings is 1. The zero-order valence-corrected chi connectivity index (χ0v) is 9.46. The van der Waals surface area contributed by atoms with E-state index < -0.39 is 18.1 Å². The molecule has 0 aliphatic rings. The highest BCUT2D eigenvalue weighted by Crippen LogP contribution is 2.21. The molecule has 0 saturated heterocycles. The minimum Gasteiger partial charge on any atom is -0.390 e. The van der Waals surface area contributed by atoms with Crippen molar-refractivity contribution < 1.29 is 19.8 Å². The molecule has 17 heavy (non-hydrogen) atoms. The molecule has 0 aromatic heterocycles. The van der Waals surface area contributed by atoms with Crippen LogP contribution in [0.5, 0.6) is 0 Å². The number of aliphatic hydroxyl groups is 2. The summed E-state index contributed by atoms with van der Waals surface area (Å²) in [6.07, 6.45) is -2.03. The number of rotatable bonds is 5. The minimum atomic E-state index is -1.24. The molecule has 92 valence electrons. The van der Waals surface area contributed by atoms with Gasteiger partial charge in [-0.2, -0.15) is 0 Å². The van der Waals surface area contributed by atoms with Crippen LogP contribution in [0.25, 0.3) is 0 Å². The van der Waals surface area contributed by atoms with Crippen LogP contribution in [-0.2, 0) is 4.79 Å². The van der Waals surface area contributed by atoms with Crippen molar-refractivity contribution in [2.24, 2.45) is 5.73 Å². The molecule has 0 spiro atoms. The summed E-state index contributed by atoms with van der Waals surface area (Å²) in [5, 5.41) is 19.3. The molecule has 0 bridgehead atoms. The molecule has 0 aliphatic heterocycles. The highest BCUT2D eigenvalue weighted by Gasteiger charge is 2.20. The first-order valence-electron chi connectivity index (χ1n) is 5.16. The van der Waals surface area contributed by atoms with E-state index in [1.807, 2.05) is 0 Å². The van der Waals surface area contributed by atoms with Crippen molar-refractivity contribution in [3.63, 3.8) is 0 Å². The third-order valence-corrected chi connectivity index (χ3v) is 2.54. The van der Waals surface area contributed by atoms with Crippen LogP contribution >= 0.6 is 0 Å². The number of hydrogen-bond donors (Lipinski definition) is 3. The van der Waals surface area contributed by atoms with Crippen LogP contribution in [0.15, 0.2) is 18.2 Å². The molecular formula is C12H15NO4. The molecule has 0 fully saturated rings. The summed E-state index contributed by atoms with van der Waals surface area (Å²) >= 11 is 0. The molecule has 2 unspecified atom stereocenters. The first-order chi connectivity index (χ1) is 7.95. The third-order valence-electron chi connectivity index (χ3n) is 2.54. The number of amides is 1. The number of carbonyl (C=O) groups is 2. The molecule has 2 atom stereocenters. The van der Waals surface area contributed by atoms with Crippen molar-refractivity contribution in [1.82, 2.24) is 0 Å². The fourth-order valence-corrected chi connectivity index (χ4v) is 1.56. The Morgan fingerprint density at radius 2 is 2.12 bits per heavy atom. The topological polar surface area (TPSA) is 101 Å². The van der Waals surface area contributed by atoms with Gasteiger partial charge < -0.3 is 15.9 Å². The van der Waals surface area contributed by atoms with Crippen molar-refractivity contribution in [3.8, 4) is 0 Å². The van der Waals surface area contributed by atoms with Crippen LogP contribution in [0.1, 0.15) is 34.0 Å². The summed E-state index contributed by atoms with van der Waals surface area (Å²) in [4.78, 5) is 21.2. The molecule has 4 N–H and O–H groups in total. The molecular weight excluding hydrogens is 222 g/mol. The Hall–Kier alpha value is -1.72. The fourth-order valence-electron chi connectivity index (χ4n) is 1.56. The predicted molar refractivity (Wildman–Crippen MR) is 61.3 cm³/mol. The molecule has 5 heteroatoms. The summed E-state index contributed by atoms with van der Waals surface area (Å²) in [5.74, 6) is -0.683. The Morgan fingerprint density at radius 1 is 1.47 bits per heavy atom. The lowest BCUT2D eigenvalue weighted by Crippen LogP contribution is -2.25. The number of nitrogens with two attached hydrogens (primary N) is 1. The number of aliphatic hydroxyl groups excluding tert-OH is 2. The molecule has 0 radical (unpaired) electrons. The largest absolute Gasteiger partial charge is 0.390 e. The van der Waals surface area contributed by atoms with E-state index in [1.165, 1.54) is 6.07 Å². The van der Waals surface area contributed by atoms with Crippen molar-refractivity contribution >= 4 is 12.2 Å². The molecule has 1 amide bonds. The monoisotopic (exact) mass is 237 g/mol. The molecule has 1 aromatic carbocycles. The van der Waals surface area contributed by atoms with Gasteiger partial charge in [-0.05, 0) is 18.1 Å². The number of aldehydes is 1. The maximum absolute atomic E-state index is 10.6. The lowest BCUT2D eigenvalue weighted by molar-refractivity contribution is -0.121. The summed E-state index contributed by atoms with van der Waals surface area (Å²) in [6.45, 7) is 1.72. The first-order valence-corrected chi connectivity index (χ1v) is 5.16. The Bertz CT molecular complexity index is 431. The van der Waals surface area contributed by atoms with E-state index in [0.717, 1.165) is 0 Å². The smallest absolute Gasteiger partial charge is 0.220 e. The zero-order valence-electron chi connectivity index (χ0n) is 9.46. The molecule has 0 aliphatic carbocycles. The number of aryl methyl sites for hydroxylation is 1. The van der Waals surface area contributed by atoms with Crippen LogP contribution in [0, 0.1) is 6.92 Å². The highest BCUT2D eigenvalue weighted by molar-refractivity contribution is 5.77. The Balaban J connectivity index is 2.89. The Kier molecular flexibility index (Phi) is 4.37. The Labute approximate surface area is 98.9 Å². The summed E-state index contributed by atoms with van der Waals surface area (Å²) in [6, 6.07) is 4.68. The molecule has 0 heterocycles. The van der Waals surface area contributed by atoms with Gasteiger partial charge in [-0.25, -0.2) is 0 Å². The van der Waals surface area contributed by atoms with Gasteiger partial charge in [0.15, 0.2) is 0 Å². The van der Waals surface area contributed by atoms with Crippen LogP contribution in [0.3, 0.4) is 0 Å². The van der Waals surface area contributed by atoms with E-state index in [9.17, 15) is 19.8 Å². The second-order valence-corrected chi connectivity index (χ2v) is 3.92. The van der Waals surface area contributed by atoms with E-state index in [2.05, 4.69) is 0 Å². The van der Waals surface area contributed by atoms with Gasteiger partial charge in [-0.15, -0.1) is 0 Å². The average Bonchev–Trinajstić information content (AvgIpc) is 2.27. The van der Waals surface area contributed by atoms with E-state index in [-0.39, 0.29) is 6.42 Å². The van der Waals surface area contributed by atoms with Crippen LogP contribution < -0.4 is 5.73 Å². The van der Waals surface area contributed by atoms with Crippen molar-refractivity contribution in [1.29, 1.82) is 0 Å². The maximum atomic E-state index is 10.6. The number of primary amides is 1. The van der Waals surface area contributed by atoms with E-state index in [0.29, 0.717) is 23.0 Å². The van der Waals surface area contributed by atoms with Gasteiger partial charge in [-0.3, -0.25) is 9.59 Å². The summed E-state index contributed by atoms with van der Waals surface area (Å²) in [7, 11) is 0. The highest BCUT2D eigenvalue weighted by atomic mass is 16.3. The van der Waals surface area contributed by atoms with Crippen molar-refractivity contribution in [2.45, 2.75) is 25.6 Å². The van der Waals surface area contributed by atoms with Gasteiger partial charge in [-0.1, -0.05) is 18.2 Å². The van der Waals surface area contributed by atoms with Gasteiger partial charge in [0.1, 0.15) is 12.4 Å². The summed E-state index contributed by atoms with van der Waals surface area (Å²) < 4.78 is 0. The van der Waals surface area contributed by atoms with E-state index >= 15 is 0 Å². The minimum absolute atomic E-state index is 0.310. The van der Waals surface area contributed by atoms with Crippen LogP contribution in [0.4, 0.5) is 0 Å². The SMILES string of the molecule is Cc1cc(C(O)C(O)CC(N)=O)ccc1C=O. The van der Waals surface area contributed by atoms with Crippen molar-refractivity contribution in [2.75, 3.05) is 0 Å². The van der Waals surface area contributed by atoms with Gasteiger partial charge in [0.2, 0.25) is 5.91 Å². The molecule has 1 rings (SSSR count). The number of carbonyl (C=O) groups excluding carboxylic acids is 2. The second kappa shape index (κ2) is 5.56. The van der Waals surface area contributed by atoms with Gasteiger partial charge >= 0.3 is 0 Å². The van der Waals surface area contributed by atoms with E-state index in [1.54, 1.807) is 19.1 Å². The standard InChI is InChI=1S/C12H15NO4/c1-7-4-8(2-3-9(7)6-14)12(17)10(15)5-11(13)16/h2-4,6,10,12,15,17H,5H2,1H3,(H2,13,16). The quantitative estimate of drug-likeness (QED) is 0.631. The molecule has 0 saturated carbocycles. The number of hydrogen-bond acceptors (Lipinski definition) is 4. The van der Waals surface area contributed by atoms with Crippen LogP contribution in [0.2, 0.25) is 0 Å². The van der Waals surface area contributed by atoms with E-state index in [4.69, 9.17) is 5.73 Å². The van der Waals surface area contributed by atoms with Crippen LogP contribution in [-0.4, -0.2) is 28.5 Å². The molecule has 5 nitrogen and oxygen atoms in total. The van der Waals surface area contributed by atoms with Gasteiger partial charge in [0, 0.05) is 5.56 Å². The van der Waals surface area contributed by atoms with Gasteiger partial charge in [0.25, 0.3) is 0 Å². The first kappa shape index (κ1) is 13.3.